The number of hydrogen-bond acceptors (Lipinski definition) is 2. The Hall–Kier alpha value is -0.540. The van der Waals surface area contributed by atoms with E-state index in [0.29, 0.717) is 6.04 Å². The average Bonchev–Trinajstić information content (AvgIpc) is 2.92. The minimum Gasteiger partial charge on any atom is -0.496 e. The highest BCUT2D eigenvalue weighted by Gasteiger charge is 2.55. The van der Waals surface area contributed by atoms with Crippen LogP contribution < -0.4 is 10.1 Å². The molecule has 2 fully saturated rings. The van der Waals surface area contributed by atoms with Gasteiger partial charge in [0.25, 0.3) is 0 Å². The van der Waals surface area contributed by atoms with Gasteiger partial charge >= 0.3 is 0 Å². The highest BCUT2D eigenvalue weighted by Crippen LogP contribution is 2.62. The second-order valence-electron chi connectivity index (χ2n) is 6.16. The van der Waals surface area contributed by atoms with Crippen molar-refractivity contribution in [2.24, 2.45) is 17.8 Å². The molecule has 0 amide bonds. The summed E-state index contributed by atoms with van der Waals surface area (Å²) in [7, 11) is 1.72. The maximum absolute atomic E-state index is 5.34. The van der Waals surface area contributed by atoms with Crippen molar-refractivity contribution in [3.63, 3.8) is 0 Å². The van der Waals surface area contributed by atoms with E-state index in [1.807, 2.05) is 0 Å². The van der Waals surface area contributed by atoms with E-state index in [0.717, 1.165) is 34.5 Å². The first-order valence-electron chi connectivity index (χ1n) is 7.83. The molecule has 3 heteroatoms. The molecule has 0 aromatic heterocycles. The molecule has 0 radical (unpaired) electrons. The molecular weight excluding hydrogens is 314 g/mol. The molecule has 1 aromatic rings. The number of ether oxygens (including phenoxy) is 1. The molecule has 0 bridgehead atoms. The second-order valence-corrected chi connectivity index (χ2v) is 7.02. The van der Waals surface area contributed by atoms with Gasteiger partial charge in [-0.1, -0.05) is 19.4 Å². The van der Waals surface area contributed by atoms with E-state index in [1.54, 1.807) is 7.11 Å². The fourth-order valence-electron chi connectivity index (χ4n) is 4.02. The van der Waals surface area contributed by atoms with Crippen LogP contribution in [0.4, 0.5) is 0 Å². The third-order valence-corrected chi connectivity index (χ3v) is 5.63. The van der Waals surface area contributed by atoms with Crippen LogP contribution in [0.25, 0.3) is 0 Å². The Labute approximate surface area is 130 Å². The molecule has 110 valence electrons. The summed E-state index contributed by atoms with van der Waals surface area (Å²) in [5.41, 5.74) is 1.41. The quantitative estimate of drug-likeness (QED) is 0.822. The third kappa shape index (κ3) is 2.62. The fourth-order valence-corrected chi connectivity index (χ4v) is 4.58. The van der Waals surface area contributed by atoms with E-state index >= 15 is 0 Å². The first-order chi connectivity index (χ1) is 9.76. The van der Waals surface area contributed by atoms with Crippen LogP contribution in [-0.2, 0) is 0 Å². The highest BCUT2D eigenvalue weighted by molar-refractivity contribution is 9.10. The zero-order valence-electron chi connectivity index (χ0n) is 12.4. The summed E-state index contributed by atoms with van der Waals surface area (Å²) in [6.45, 7) is 3.34. The van der Waals surface area contributed by atoms with Gasteiger partial charge in [-0.15, -0.1) is 0 Å². The summed E-state index contributed by atoms with van der Waals surface area (Å²) in [6.07, 6.45) is 5.52. The van der Waals surface area contributed by atoms with E-state index in [4.69, 9.17) is 4.74 Å². The zero-order valence-corrected chi connectivity index (χ0v) is 13.9. The van der Waals surface area contributed by atoms with Gasteiger partial charge in [0.05, 0.1) is 11.6 Å². The monoisotopic (exact) mass is 337 g/mol. The largest absolute Gasteiger partial charge is 0.496 e. The Bertz CT molecular complexity index is 466. The van der Waals surface area contributed by atoms with E-state index in [-0.39, 0.29) is 0 Å². The van der Waals surface area contributed by atoms with Gasteiger partial charge in [-0.25, -0.2) is 0 Å². The Balaban J connectivity index is 1.80. The Morgan fingerprint density at radius 2 is 2.10 bits per heavy atom. The predicted octanol–water partition coefficient (Wildman–Crippen LogP) is 4.54. The summed E-state index contributed by atoms with van der Waals surface area (Å²) in [6, 6.07) is 7.07. The predicted molar refractivity (Wildman–Crippen MR) is 86.0 cm³/mol. The first kappa shape index (κ1) is 14.4. The van der Waals surface area contributed by atoms with Crippen LogP contribution in [0.1, 0.15) is 44.2 Å². The smallest absolute Gasteiger partial charge is 0.133 e. The number of methoxy groups -OCH3 is 1. The molecule has 2 aliphatic carbocycles. The Kier molecular flexibility index (Phi) is 4.37. The molecule has 0 spiro atoms. The summed E-state index contributed by atoms with van der Waals surface area (Å²) in [5.74, 6) is 3.73. The van der Waals surface area contributed by atoms with Crippen molar-refractivity contribution >= 4 is 15.9 Å². The SMILES string of the molecule is CCCNC(c1ccc(OC)c(Br)c1)C1C2CCCC21. The Morgan fingerprint density at radius 3 is 2.70 bits per heavy atom. The van der Waals surface area contributed by atoms with Crippen molar-refractivity contribution in [3.05, 3.63) is 28.2 Å². The van der Waals surface area contributed by atoms with Gasteiger partial charge in [-0.05, 0) is 77.2 Å². The van der Waals surface area contributed by atoms with Gasteiger partial charge in [0.15, 0.2) is 0 Å². The van der Waals surface area contributed by atoms with E-state index in [9.17, 15) is 0 Å². The Morgan fingerprint density at radius 1 is 1.35 bits per heavy atom. The number of nitrogens with one attached hydrogen (secondary N) is 1. The summed E-state index contributed by atoms with van der Waals surface area (Å²) in [5, 5.41) is 3.78. The molecule has 2 saturated carbocycles. The van der Waals surface area contributed by atoms with E-state index in [1.165, 1.54) is 31.2 Å². The summed E-state index contributed by atoms with van der Waals surface area (Å²) >= 11 is 3.62. The number of hydrogen-bond donors (Lipinski definition) is 1. The van der Waals surface area contributed by atoms with Gasteiger partial charge in [0.1, 0.15) is 5.75 Å². The van der Waals surface area contributed by atoms with Gasteiger partial charge < -0.3 is 10.1 Å². The maximum Gasteiger partial charge on any atom is 0.133 e. The molecule has 0 saturated heterocycles. The number of halogens is 1. The zero-order chi connectivity index (χ0) is 14.1. The summed E-state index contributed by atoms with van der Waals surface area (Å²) < 4.78 is 6.41. The van der Waals surface area contributed by atoms with Gasteiger partial charge in [-0.2, -0.15) is 0 Å². The molecule has 1 N–H and O–H groups in total. The van der Waals surface area contributed by atoms with Crippen LogP contribution in [0.2, 0.25) is 0 Å². The minimum absolute atomic E-state index is 0.521. The van der Waals surface area contributed by atoms with Crippen molar-refractivity contribution in [2.45, 2.75) is 38.6 Å². The second kappa shape index (κ2) is 6.07. The molecule has 20 heavy (non-hydrogen) atoms. The highest BCUT2D eigenvalue weighted by atomic mass is 79.9. The molecule has 2 aliphatic rings. The minimum atomic E-state index is 0.521. The van der Waals surface area contributed by atoms with Crippen molar-refractivity contribution in [2.75, 3.05) is 13.7 Å². The summed E-state index contributed by atoms with van der Waals surface area (Å²) in [4.78, 5) is 0. The lowest BCUT2D eigenvalue weighted by Gasteiger charge is -2.22. The van der Waals surface area contributed by atoms with Crippen LogP contribution in [0.3, 0.4) is 0 Å². The van der Waals surface area contributed by atoms with Crippen molar-refractivity contribution in [1.82, 2.24) is 5.32 Å². The van der Waals surface area contributed by atoms with Crippen LogP contribution in [0.15, 0.2) is 22.7 Å². The van der Waals surface area contributed by atoms with Crippen molar-refractivity contribution in [1.29, 1.82) is 0 Å². The molecule has 0 heterocycles. The van der Waals surface area contributed by atoms with E-state index < -0.39 is 0 Å². The topological polar surface area (TPSA) is 21.3 Å². The molecule has 3 rings (SSSR count). The van der Waals surface area contributed by atoms with Gasteiger partial charge in [0, 0.05) is 6.04 Å². The van der Waals surface area contributed by atoms with Crippen LogP contribution in [0, 0.1) is 17.8 Å². The van der Waals surface area contributed by atoms with Crippen molar-refractivity contribution < 1.29 is 4.74 Å². The average molecular weight is 338 g/mol. The van der Waals surface area contributed by atoms with Gasteiger partial charge in [-0.3, -0.25) is 0 Å². The van der Waals surface area contributed by atoms with Gasteiger partial charge in [0.2, 0.25) is 0 Å². The molecule has 2 nitrogen and oxygen atoms in total. The number of benzene rings is 1. The molecule has 1 aromatic carbocycles. The van der Waals surface area contributed by atoms with E-state index in [2.05, 4.69) is 46.4 Å². The molecule has 3 atom stereocenters. The lowest BCUT2D eigenvalue weighted by atomic mass is 9.96. The normalized spacial score (nSPS) is 29.1. The molecular formula is C17H24BrNO. The molecule has 3 unspecified atom stereocenters. The standard InChI is InChI=1S/C17H24BrNO/c1-3-9-19-17(16-12-5-4-6-13(12)16)11-7-8-15(20-2)14(18)10-11/h7-8,10,12-13,16-17,19H,3-6,9H2,1-2H3. The fraction of sp³-hybridized carbons (Fsp3) is 0.647. The molecule has 0 aliphatic heterocycles. The first-order valence-corrected chi connectivity index (χ1v) is 8.62. The van der Waals surface area contributed by atoms with Crippen LogP contribution in [0.5, 0.6) is 5.75 Å². The van der Waals surface area contributed by atoms with Crippen LogP contribution in [-0.4, -0.2) is 13.7 Å². The lowest BCUT2D eigenvalue weighted by molar-refractivity contribution is 0.406. The number of rotatable bonds is 6. The number of fused-ring (bicyclic) bond motifs is 1. The third-order valence-electron chi connectivity index (χ3n) is 5.01. The van der Waals surface area contributed by atoms with Crippen LogP contribution >= 0.6 is 15.9 Å². The maximum atomic E-state index is 5.34. The lowest BCUT2D eigenvalue weighted by Crippen LogP contribution is -2.25. The van der Waals surface area contributed by atoms with Crippen molar-refractivity contribution in [3.8, 4) is 5.75 Å².